The lowest BCUT2D eigenvalue weighted by Crippen LogP contribution is -2.30. The Balaban J connectivity index is 1.70. The Bertz CT molecular complexity index is 970. The summed E-state index contributed by atoms with van der Waals surface area (Å²) in [4.78, 5) is 29.2. The number of anilines is 1. The molecule has 1 aliphatic carbocycles. The highest BCUT2D eigenvalue weighted by atomic mass is 32.1. The van der Waals surface area contributed by atoms with Crippen molar-refractivity contribution in [2.75, 3.05) is 18.4 Å². The standard InChI is InChI=1S/C24H29FN2O2S/c1-24(2,3)15-10-11-17-19(14-15)30-22(20(17)23(29)27-12-6-7-13-27)26-21(28)16-8-4-5-9-18(16)25/h4-5,8-9,15H,6-7,10-14H2,1-3H3,(H,26,28)/t15-/m0/s1. The van der Waals surface area contributed by atoms with Gasteiger partial charge in [0.25, 0.3) is 11.8 Å². The van der Waals surface area contributed by atoms with Crippen LogP contribution in [0.2, 0.25) is 0 Å². The Hall–Kier alpha value is -2.21. The van der Waals surface area contributed by atoms with Crippen LogP contribution >= 0.6 is 11.3 Å². The van der Waals surface area contributed by atoms with E-state index in [9.17, 15) is 14.0 Å². The third kappa shape index (κ3) is 4.02. The van der Waals surface area contributed by atoms with Crippen molar-refractivity contribution >= 4 is 28.2 Å². The van der Waals surface area contributed by atoms with Crippen LogP contribution in [0.15, 0.2) is 24.3 Å². The average Bonchev–Trinajstić information content (AvgIpc) is 3.34. The molecule has 1 aliphatic heterocycles. The minimum Gasteiger partial charge on any atom is -0.339 e. The molecule has 1 atom stereocenters. The van der Waals surface area contributed by atoms with Crippen LogP contribution in [-0.4, -0.2) is 29.8 Å². The highest BCUT2D eigenvalue weighted by molar-refractivity contribution is 7.17. The first-order valence-corrected chi connectivity index (χ1v) is 11.6. The topological polar surface area (TPSA) is 49.4 Å². The molecule has 1 aromatic heterocycles. The first-order valence-electron chi connectivity index (χ1n) is 10.8. The van der Waals surface area contributed by atoms with E-state index in [0.29, 0.717) is 16.5 Å². The fourth-order valence-electron chi connectivity index (χ4n) is 4.53. The zero-order chi connectivity index (χ0) is 21.5. The van der Waals surface area contributed by atoms with Gasteiger partial charge in [-0.25, -0.2) is 4.39 Å². The molecule has 4 rings (SSSR count). The van der Waals surface area contributed by atoms with Crippen LogP contribution in [0.4, 0.5) is 9.39 Å². The Labute approximate surface area is 181 Å². The Morgan fingerprint density at radius 3 is 2.53 bits per heavy atom. The molecule has 0 radical (unpaired) electrons. The normalized spacial score (nSPS) is 18.9. The summed E-state index contributed by atoms with van der Waals surface area (Å²) in [5, 5.41) is 3.44. The minimum absolute atomic E-state index is 0.00282. The lowest BCUT2D eigenvalue weighted by atomic mass is 9.72. The van der Waals surface area contributed by atoms with Gasteiger partial charge in [-0.1, -0.05) is 32.9 Å². The SMILES string of the molecule is CC(C)(C)[C@H]1CCc2c(sc(NC(=O)c3ccccc3F)c2C(=O)N2CCCC2)C1. The summed E-state index contributed by atoms with van der Waals surface area (Å²) in [6.45, 7) is 8.29. The van der Waals surface area contributed by atoms with Gasteiger partial charge < -0.3 is 10.2 Å². The number of hydrogen-bond acceptors (Lipinski definition) is 3. The van der Waals surface area contributed by atoms with Crippen LogP contribution in [0.3, 0.4) is 0 Å². The molecule has 0 unspecified atom stereocenters. The quantitative estimate of drug-likeness (QED) is 0.699. The van der Waals surface area contributed by atoms with E-state index in [2.05, 4.69) is 26.1 Å². The Morgan fingerprint density at radius 2 is 1.87 bits per heavy atom. The molecule has 1 N–H and O–H groups in total. The number of fused-ring (bicyclic) bond motifs is 1. The van der Waals surface area contributed by atoms with Crippen LogP contribution in [0.25, 0.3) is 0 Å². The second-order valence-electron chi connectivity index (χ2n) is 9.45. The Morgan fingerprint density at radius 1 is 1.17 bits per heavy atom. The van der Waals surface area contributed by atoms with E-state index >= 15 is 0 Å². The van der Waals surface area contributed by atoms with Crippen molar-refractivity contribution in [1.82, 2.24) is 4.90 Å². The van der Waals surface area contributed by atoms with Crippen molar-refractivity contribution in [3.05, 3.63) is 51.7 Å². The largest absolute Gasteiger partial charge is 0.339 e. The number of carbonyl (C=O) groups excluding carboxylic acids is 2. The predicted octanol–water partition coefficient (Wildman–Crippen LogP) is 5.53. The summed E-state index contributed by atoms with van der Waals surface area (Å²) < 4.78 is 14.1. The number of nitrogens with zero attached hydrogens (tertiary/aromatic N) is 1. The molecule has 4 nitrogen and oxygen atoms in total. The fraction of sp³-hybridized carbons (Fsp3) is 0.500. The van der Waals surface area contributed by atoms with Gasteiger partial charge >= 0.3 is 0 Å². The van der Waals surface area contributed by atoms with E-state index in [1.54, 1.807) is 12.1 Å². The molecule has 0 spiro atoms. The molecule has 160 valence electrons. The number of hydrogen-bond donors (Lipinski definition) is 1. The van der Waals surface area contributed by atoms with Gasteiger partial charge in [0.15, 0.2) is 0 Å². The lowest BCUT2D eigenvalue weighted by molar-refractivity contribution is 0.0792. The predicted molar refractivity (Wildman–Crippen MR) is 119 cm³/mol. The van der Waals surface area contributed by atoms with Crippen LogP contribution in [-0.2, 0) is 12.8 Å². The average molecular weight is 429 g/mol. The lowest BCUT2D eigenvalue weighted by Gasteiger charge is -2.34. The first kappa shape index (κ1) is 21.0. The van der Waals surface area contributed by atoms with E-state index in [-0.39, 0.29) is 16.9 Å². The molecule has 1 aromatic carbocycles. The maximum atomic E-state index is 14.1. The number of rotatable bonds is 3. The van der Waals surface area contributed by atoms with Gasteiger partial charge in [0.2, 0.25) is 0 Å². The minimum atomic E-state index is -0.559. The molecule has 0 bridgehead atoms. The summed E-state index contributed by atoms with van der Waals surface area (Å²) in [6.07, 6.45) is 4.83. The van der Waals surface area contributed by atoms with Gasteiger partial charge in [0.05, 0.1) is 11.1 Å². The molecule has 6 heteroatoms. The van der Waals surface area contributed by atoms with Gasteiger partial charge in [-0.15, -0.1) is 11.3 Å². The van der Waals surface area contributed by atoms with Gasteiger partial charge in [0.1, 0.15) is 10.8 Å². The van der Waals surface area contributed by atoms with E-state index in [1.165, 1.54) is 28.3 Å². The number of benzene rings is 1. The monoisotopic (exact) mass is 428 g/mol. The fourth-order valence-corrected chi connectivity index (χ4v) is 5.85. The van der Waals surface area contributed by atoms with Gasteiger partial charge in [-0.2, -0.15) is 0 Å². The van der Waals surface area contributed by atoms with Crippen molar-refractivity contribution in [3.8, 4) is 0 Å². The van der Waals surface area contributed by atoms with E-state index in [0.717, 1.165) is 50.8 Å². The number of likely N-dealkylation sites (tertiary alicyclic amines) is 1. The summed E-state index contributed by atoms with van der Waals surface area (Å²) in [5.41, 5.74) is 1.91. The zero-order valence-corrected chi connectivity index (χ0v) is 18.7. The van der Waals surface area contributed by atoms with Crippen molar-refractivity contribution in [2.45, 2.75) is 52.9 Å². The van der Waals surface area contributed by atoms with Crippen LogP contribution < -0.4 is 5.32 Å². The third-order valence-corrected chi connectivity index (χ3v) is 7.61. The first-order chi connectivity index (χ1) is 14.3. The van der Waals surface area contributed by atoms with Crippen molar-refractivity contribution in [2.24, 2.45) is 11.3 Å². The Kier molecular flexibility index (Phi) is 5.71. The molecule has 2 amide bonds. The number of amides is 2. The van der Waals surface area contributed by atoms with Crippen molar-refractivity contribution < 1.29 is 14.0 Å². The van der Waals surface area contributed by atoms with Crippen LogP contribution in [0, 0.1) is 17.2 Å². The third-order valence-electron chi connectivity index (χ3n) is 6.44. The number of thiophene rings is 1. The number of halogens is 1. The molecule has 2 heterocycles. The second kappa shape index (κ2) is 8.14. The van der Waals surface area contributed by atoms with Crippen LogP contribution in [0.5, 0.6) is 0 Å². The highest BCUT2D eigenvalue weighted by Crippen LogP contribution is 2.45. The summed E-state index contributed by atoms with van der Waals surface area (Å²) in [5.74, 6) is -0.525. The van der Waals surface area contributed by atoms with Gasteiger partial charge in [-0.05, 0) is 61.1 Å². The van der Waals surface area contributed by atoms with E-state index in [1.807, 2.05) is 4.90 Å². The molecule has 1 saturated heterocycles. The van der Waals surface area contributed by atoms with Crippen molar-refractivity contribution in [3.63, 3.8) is 0 Å². The zero-order valence-electron chi connectivity index (χ0n) is 17.9. The smallest absolute Gasteiger partial charge is 0.259 e. The van der Waals surface area contributed by atoms with Gasteiger partial charge in [-0.3, -0.25) is 9.59 Å². The second-order valence-corrected chi connectivity index (χ2v) is 10.6. The van der Waals surface area contributed by atoms with Crippen LogP contribution in [0.1, 0.15) is 71.2 Å². The van der Waals surface area contributed by atoms with E-state index < -0.39 is 11.7 Å². The summed E-state index contributed by atoms with van der Waals surface area (Å²) in [7, 11) is 0. The van der Waals surface area contributed by atoms with Gasteiger partial charge in [0, 0.05) is 18.0 Å². The summed E-state index contributed by atoms with van der Waals surface area (Å²) >= 11 is 1.50. The molecule has 30 heavy (non-hydrogen) atoms. The number of carbonyl (C=O) groups is 2. The highest BCUT2D eigenvalue weighted by Gasteiger charge is 2.35. The molecule has 2 aromatic rings. The molecule has 1 fully saturated rings. The van der Waals surface area contributed by atoms with Crippen molar-refractivity contribution in [1.29, 1.82) is 0 Å². The molecule has 0 saturated carbocycles. The number of nitrogens with one attached hydrogen (secondary N) is 1. The molecular weight excluding hydrogens is 399 g/mol. The maximum absolute atomic E-state index is 14.1. The summed E-state index contributed by atoms with van der Waals surface area (Å²) in [6, 6.07) is 5.95. The van der Waals surface area contributed by atoms with E-state index in [4.69, 9.17) is 0 Å². The molecule has 2 aliphatic rings. The maximum Gasteiger partial charge on any atom is 0.259 e. The molecular formula is C24H29FN2O2S.